The Hall–Kier alpha value is -0.726. The molecule has 0 saturated heterocycles. The fourth-order valence-electron chi connectivity index (χ4n) is 0.975. The van der Waals surface area contributed by atoms with Crippen LogP contribution in [0, 0.1) is 13.1 Å². The van der Waals surface area contributed by atoms with Gasteiger partial charge >= 0.3 is 0 Å². The van der Waals surface area contributed by atoms with E-state index in [4.69, 9.17) is 0 Å². The normalized spacial score (nSPS) is 8.54. The molecule has 2 rings (SSSR count). The van der Waals surface area contributed by atoms with Gasteiger partial charge in [0.1, 0.15) is 0 Å². The Bertz CT molecular complexity index is 360. The Morgan fingerprint density at radius 3 is 2.77 bits per heavy atom. The SMILES string of the molecule is CC.Cc1ccc2[nH][c-]cc2n1.[HH].[V]. The number of nitrogens with one attached hydrogen (secondary N) is 1. The van der Waals surface area contributed by atoms with Gasteiger partial charge in [-0.05, 0) is 6.92 Å². The topological polar surface area (TPSA) is 28.7 Å². The molecule has 13 heavy (non-hydrogen) atoms. The van der Waals surface area contributed by atoms with Crippen LogP contribution < -0.4 is 0 Å². The van der Waals surface area contributed by atoms with E-state index in [9.17, 15) is 0 Å². The molecule has 1 radical (unpaired) electrons. The second-order valence-electron chi connectivity index (χ2n) is 2.30. The zero-order chi connectivity index (χ0) is 8.97. The molecule has 2 aromatic heterocycles. The van der Waals surface area contributed by atoms with Gasteiger partial charge in [-0.2, -0.15) is 0 Å². The van der Waals surface area contributed by atoms with Gasteiger partial charge in [0.15, 0.2) is 0 Å². The van der Waals surface area contributed by atoms with Crippen LogP contribution in [0.2, 0.25) is 0 Å². The average Bonchev–Trinajstić information content (AvgIpc) is 2.54. The molecule has 0 atom stereocenters. The second-order valence-corrected chi connectivity index (χ2v) is 2.30. The van der Waals surface area contributed by atoms with Crippen molar-refractivity contribution in [2.45, 2.75) is 20.8 Å². The summed E-state index contributed by atoms with van der Waals surface area (Å²) >= 11 is 0. The number of aryl methyl sites for hydroxylation is 1. The van der Waals surface area contributed by atoms with Crippen molar-refractivity contribution >= 4 is 11.0 Å². The summed E-state index contributed by atoms with van der Waals surface area (Å²) in [4.78, 5) is 7.23. The summed E-state index contributed by atoms with van der Waals surface area (Å²) in [5.41, 5.74) is 3.08. The van der Waals surface area contributed by atoms with Crippen LogP contribution in [0.25, 0.3) is 11.0 Å². The zero-order valence-corrected chi connectivity index (χ0v) is 9.52. The number of hydrogen-bond acceptors (Lipinski definition) is 1. The first-order valence-electron chi connectivity index (χ1n) is 4.19. The number of rotatable bonds is 0. The Kier molecular flexibility index (Phi) is 5.52. The Morgan fingerprint density at radius 2 is 2.08 bits per heavy atom. The molecule has 2 heterocycles. The summed E-state index contributed by atoms with van der Waals surface area (Å²) in [5, 5.41) is 0. The van der Waals surface area contributed by atoms with Crippen molar-refractivity contribution in [3.05, 3.63) is 30.1 Å². The molecule has 0 bridgehead atoms. The van der Waals surface area contributed by atoms with E-state index in [-0.39, 0.29) is 20.0 Å². The maximum atomic E-state index is 4.27. The van der Waals surface area contributed by atoms with E-state index in [0.29, 0.717) is 0 Å². The van der Waals surface area contributed by atoms with Crippen molar-refractivity contribution < 1.29 is 20.0 Å². The van der Waals surface area contributed by atoms with E-state index in [1.54, 1.807) is 0 Å². The second kappa shape index (κ2) is 5.84. The molecule has 2 nitrogen and oxygen atoms in total. The molecule has 0 aliphatic carbocycles. The van der Waals surface area contributed by atoms with Crippen LogP contribution in [0.4, 0.5) is 0 Å². The summed E-state index contributed by atoms with van der Waals surface area (Å²) in [5.74, 6) is 0. The third kappa shape index (κ3) is 2.90. The molecule has 2 aromatic rings. The van der Waals surface area contributed by atoms with Gasteiger partial charge in [0, 0.05) is 25.7 Å². The van der Waals surface area contributed by atoms with E-state index >= 15 is 0 Å². The van der Waals surface area contributed by atoms with Crippen LogP contribution >= 0.6 is 0 Å². The van der Waals surface area contributed by atoms with Crippen LogP contribution in [-0.2, 0) is 18.6 Å². The maximum absolute atomic E-state index is 4.27. The van der Waals surface area contributed by atoms with Gasteiger partial charge in [0.25, 0.3) is 0 Å². The predicted molar refractivity (Wildman–Crippen MR) is 53.1 cm³/mol. The van der Waals surface area contributed by atoms with Crippen LogP contribution in [0.15, 0.2) is 18.2 Å². The fraction of sp³-hybridized carbons (Fsp3) is 0.300. The molecular weight excluding hydrogens is 199 g/mol. The van der Waals surface area contributed by atoms with Crippen molar-refractivity contribution in [3.8, 4) is 0 Å². The maximum Gasteiger partial charge on any atom is 0.0208 e. The number of nitrogens with zero attached hydrogens (tertiary/aromatic N) is 1. The van der Waals surface area contributed by atoms with Gasteiger partial charge in [-0.3, -0.25) is 0 Å². The van der Waals surface area contributed by atoms with Crippen LogP contribution in [-0.4, -0.2) is 9.97 Å². The van der Waals surface area contributed by atoms with Crippen molar-refractivity contribution in [3.63, 3.8) is 0 Å². The van der Waals surface area contributed by atoms with E-state index in [1.165, 1.54) is 0 Å². The standard InChI is InChI=1S/C8H7N2.C2H6.V.H2/c1-6-2-3-7-8(10-6)4-5-9-7;1-2;;/h2-4,9H,1H3;1-2H3;;1H/q-1;;;. The first-order valence-corrected chi connectivity index (χ1v) is 4.19. The molecule has 0 aliphatic rings. The molecule has 0 saturated carbocycles. The quantitative estimate of drug-likeness (QED) is 0.671. The average molecular weight is 214 g/mol. The zero-order valence-electron chi connectivity index (χ0n) is 8.13. The molecule has 3 heteroatoms. The van der Waals surface area contributed by atoms with Gasteiger partial charge in [-0.25, -0.2) is 0 Å². The number of hydrogen-bond donors (Lipinski definition) is 1. The fourth-order valence-corrected chi connectivity index (χ4v) is 0.975. The van der Waals surface area contributed by atoms with Crippen molar-refractivity contribution in [2.24, 2.45) is 0 Å². The summed E-state index contributed by atoms with van der Waals surface area (Å²) in [7, 11) is 0. The molecule has 1 N–H and O–H groups in total. The molecule has 0 fully saturated rings. The summed E-state index contributed by atoms with van der Waals surface area (Å²) < 4.78 is 0. The molecular formula is C10H15N2V-. The molecule has 71 valence electrons. The molecule has 0 aliphatic heterocycles. The first kappa shape index (κ1) is 12.3. The third-order valence-electron chi connectivity index (χ3n) is 1.48. The van der Waals surface area contributed by atoms with E-state index < -0.39 is 0 Å². The number of pyridine rings is 1. The number of aromatic nitrogens is 2. The monoisotopic (exact) mass is 214 g/mol. The first-order chi connectivity index (χ1) is 5.86. The Labute approximate surface area is 92.1 Å². The van der Waals surface area contributed by atoms with E-state index in [0.717, 1.165) is 16.7 Å². The van der Waals surface area contributed by atoms with Gasteiger partial charge < -0.3 is 9.97 Å². The van der Waals surface area contributed by atoms with Gasteiger partial charge in [0.2, 0.25) is 0 Å². The van der Waals surface area contributed by atoms with Crippen LogP contribution in [0.5, 0.6) is 0 Å². The molecule has 0 unspecified atom stereocenters. The molecule has 0 aromatic carbocycles. The third-order valence-corrected chi connectivity index (χ3v) is 1.48. The molecule has 0 amide bonds. The van der Waals surface area contributed by atoms with Crippen molar-refractivity contribution in [1.29, 1.82) is 0 Å². The number of fused-ring (bicyclic) bond motifs is 1. The van der Waals surface area contributed by atoms with Gasteiger partial charge in [0.05, 0.1) is 0 Å². The largest absolute Gasteiger partial charge is 0.476 e. The van der Waals surface area contributed by atoms with E-state index in [2.05, 4.69) is 16.2 Å². The number of H-pyrrole nitrogens is 1. The van der Waals surface area contributed by atoms with Gasteiger partial charge in [-0.1, -0.05) is 30.9 Å². The Morgan fingerprint density at radius 1 is 1.38 bits per heavy atom. The predicted octanol–water partition coefficient (Wildman–Crippen LogP) is 2.94. The minimum atomic E-state index is 0. The Balaban J connectivity index is 0. The van der Waals surface area contributed by atoms with Crippen LogP contribution in [0.1, 0.15) is 21.0 Å². The van der Waals surface area contributed by atoms with Crippen molar-refractivity contribution in [2.75, 3.05) is 0 Å². The summed E-state index contributed by atoms with van der Waals surface area (Å²) in [6.07, 6.45) is 2.88. The number of aromatic amines is 1. The van der Waals surface area contributed by atoms with Crippen LogP contribution in [0.3, 0.4) is 0 Å². The van der Waals surface area contributed by atoms with Crippen molar-refractivity contribution in [1.82, 2.24) is 9.97 Å². The minimum Gasteiger partial charge on any atom is -0.476 e. The van der Waals surface area contributed by atoms with Gasteiger partial charge in [-0.15, -0.1) is 18.3 Å². The summed E-state index contributed by atoms with van der Waals surface area (Å²) in [6, 6.07) is 5.84. The smallest absolute Gasteiger partial charge is 0.0208 e. The molecule has 0 spiro atoms. The summed E-state index contributed by atoms with van der Waals surface area (Å²) in [6.45, 7) is 5.98. The van der Waals surface area contributed by atoms with E-state index in [1.807, 2.05) is 39.0 Å². The minimum absolute atomic E-state index is 0.